The van der Waals surface area contributed by atoms with Crippen molar-refractivity contribution in [1.82, 2.24) is 10.6 Å². The summed E-state index contributed by atoms with van der Waals surface area (Å²) in [5, 5.41) is 16.1. The summed E-state index contributed by atoms with van der Waals surface area (Å²) in [5.41, 5.74) is 0.0406. The van der Waals surface area contributed by atoms with Gasteiger partial charge in [-0.05, 0) is 38.5 Å². The van der Waals surface area contributed by atoms with Crippen molar-refractivity contribution < 1.29 is 14.6 Å². The van der Waals surface area contributed by atoms with Crippen LogP contribution < -0.4 is 10.6 Å². The van der Waals surface area contributed by atoms with Gasteiger partial charge in [0.05, 0.1) is 12.7 Å². The van der Waals surface area contributed by atoms with E-state index >= 15 is 0 Å². The number of hydrogen-bond donors (Lipinski definition) is 3. The Kier molecular flexibility index (Phi) is 10.3. The monoisotopic (exact) mass is 369 g/mol. The Morgan fingerprint density at radius 1 is 1.19 bits per heavy atom. The minimum Gasteiger partial charge on any atom is -0.396 e. The molecule has 152 valence electrons. The molecule has 6 nitrogen and oxygen atoms in total. The summed E-state index contributed by atoms with van der Waals surface area (Å²) in [6.07, 6.45) is 12.3. The first-order valence-corrected chi connectivity index (χ1v) is 10.5. The lowest BCUT2D eigenvalue weighted by Crippen LogP contribution is -2.44. The van der Waals surface area contributed by atoms with E-state index in [1.54, 1.807) is 7.05 Å². The number of aliphatic imine (C=N–C) groups is 1. The van der Waals surface area contributed by atoms with Crippen LogP contribution in [0.25, 0.3) is 0 Å². The summed E-state index contributed by atoms with van der Waals surface area (Å²) in [4.78, 5) is 4.30. The fourth-order valence-electron chi connectivity index (χ4n) is 3.90. The van der Waals surface area contributed by atoms with Crippen LogP contribution in [-0.4, -0.2) is 63.7 Å². The lowest BCUT2D eigenvalue weighted by Gasteiger charge is -2.27. The quantitative estimate of drug-likeness (QED) is 0.239. The maximum atomic E-state index is 9.31. The van der Waals surface area contributed by atoms with E-state index in [4.69, 9.17) is 9.47 Å². The normalized spacial score (nSPS) is 25.2. The molecule has 0 radical (unpaired) electrons. The highest BCUT2D eigenvalue weighted by molar-refractivity contribution is 5.79. The smallest absolute Gasteiger partial charge is 0.190 e. The first-order valence-electron chi connectivity index (χ1n) is 10.5. The van der Waals surface area contributed by atoms with Crippen molar-refractivity contribution in [2.24, 2.45) is 10.4 Å². The van der Waals surface area contributed by atoms with Gasteiger partial charge in [-0.1, -0.05) is 25.7 Å². The number of aliphatic hydroxyl groups is 1. The Hall–Kier alpha value is -0.850. The van der Waals surface area contributed by atoms with Crippen LogP contribution in [0.3, 0.4) is 0 Å². The van der Waals surface area contributed by atoms with Gasteiger partial charge in [-0.3, -0.25) is 4.99 Å². The molecule has 3 N–H and O–H groups in total. The lowest BCUT2D eigenvalue weighted by atomic mass is 9.84. The molecule has 1 unspecified atom stereocenters. The van der Waals surface area contributed by atoms with Gasteiger partial charge in [-0.25, -0.2) is 0 Å². The van der Waals surface area contributed by atoms with E-state index in [9.17, 15) is 5.11 Å². The highest BCUT2D eigenvalue weighted by Crippen LogP contribution is 2.31. The Bertz CT molecular complexity index is 390. The third kappa shape index (κ3) is 7.80. The molecule has 1 heterocycles. The molecular weight excluding hydrogens is 330 g/mol. The third-order valence-corrected chi connectivity index (χ3v) is 5.70. The molecule has 0 aromatic rings. The molecule has 0 bridgehead atoms. The van der Waals surface area contributed by atoms with Crippen LogP contribution in [0.5, 0.6) is 0 Å². The summed E-state index contributed by atoms with van der Waals surface area (Å²) in [6, 6.07) is 0. The van der Waals surface area contributed by atoms with Crippen molar-refractivity contribution in [3.63, 3.8) is 0 Å². The molecule has 2 aliphatic rings. The van der Waals surface area contributed by atoms with E-state index in [1.807, 2.05) is 0 Å². The standard InChI is InChI=1S/C20H39N3O3/c1-21-19(23-16-20(10-13-24)11-15-25-17-20)22-12-6-7-14-26-18-8-4-2-3-5-9-18/h18,24H,2-17H2,1H3,(H2,21,22,23). The number of rotatable bonds is 10. The maximum absolute atomic E-state index is 9.31. The predicted octanol–water partition coefficient (Wildman–Crippen LogP) is 2.46. The minimum absolute atomic E-state index is 0.0406. The van der Waals surface area contributed by atoms with Gasteiger partial charge in [0, 0.05) is 45.4 Å². The maximum Gasteiger partial charge on any atom is 0.190 e. The van der Waals surface area contributed by atoms with Crippen LogP contribution in [0.1, 0.15) is 64.2 Å². The van der Waals surface area contributed by atoms with Crippen LogP contribution in [0.15, 0.2) is 4.99 Å². The topological polar surface area (TPSA) is 75.1 Å². The fourth-order valence-corrected chi connectivity index (χ4v) is 3.90. The van der Waals surface area contributed by atoms with E-state index in [-0.39, 0.29) is 12.0 Å². The highest BCUT2D eigenvalue weighted by Gasteiger charge is 2.34. The van der Waals surface area contributed by atoms with Crippen molar-refractivity contribution in [3.05, 3.63) is 0 Å². The van der Waals surface area contributed by atoms with E-state index in [1.165, 1.54) is 38.5 Å². The minimum atomic E-state index is 0.0406. The zero-order chi connectivity index (χ0) is 18.5. The van der Waals surface area contributed by atoms with Crippen molar-refractivity contribution >= 4 is 5.96 Å². The molecule has 1 aliphatic heterocycles. The first-order chi connectivity index (χ1) is 12.8. The molecule has 1 atom stereocenters. The third-order valence-electron chi connectivity index (χ3n) is 5.70. The van der Waals surface area contributed by atoms with Gasteiger partial charge in [-0.15, -0.1) is 0 Å². The number of nitrogens with one attached hydrogen (secondary N) is 2. The van der Waals surface area contributed by atoms with Gasteiger partial charge in [0.25, 0.3) is 0 Å². The average molecular weight is 370 g/mol. The van der Waals surface area contributed by atoms with Crippen LogP contribution in [0.4, 0.5) is 0 Å². The molecule has 26 heavy (non-hydrogen) atoms. The Morgan fingerprint density at radius 2 is 2.00 bits per heavy atom. The average Bonchev–Trinajstić information content (AvgIpc) is 2.95. The van der Waals surface area contributed by atoms with Gasteiger partial charge in [0.1, 0.15) is 0 Å². The van der Waals surface area contributed by atoms with Crippen LogP contribution in [-0.2, 0) is 9.47 Å². The fraction of sp³-hybridized carbons (Fsp3) is 0.950. The van der Waals surface area contributed by atoms with Crippen LogP contribution in [0, 0.1) is 5.41 Å². The van der Waals surface area contributed by atoms with Crippen molar-refractivity contribution in [2.75, 3.05) is 46.6 Å². The Labute approximate surface area is 159 Å². The van der Waals surface area contributed by atoms with E-state index in [0.29, 0.717) is 6.10 Å². The number of ether oxygens (including phenoxy) is 2. The molecule has 1 saturated heterocycles. The molecule has 0 aromatic heterocycles. The molecule has 6 heteroatoms. The van der Waals surface area contributed by atoms with Crippen LogP contribution in [0.2, 0.25) is 0 Å². The molecular formula is C20H39N3O3. The summed E-state index contributed by atoms with van der Waals surface area (Å²) in [7, 11) is 1.80. The molecule has 1 aliphatic carbocycles. The summed E-state index contributed by atoms with van der Waals surface area (Å²) in [6.45, 7) is 4.27. The zero-order valence-electron chi connectivity index (χ0n) is 16.6. The van der Waals surface area contributed by atoms with Gasteiger partial charge in [0.2, 0.25) is 0 Å². The molecule has 0 aromatic carbocycles. The van der Waals surface area contributed by atoms with Crippen molar-refractivity contribution in [2.45, 2.75) is 70.3 Å². The highest BCUT2D eigenvalue weighted by atomic mass is 16.5. The molecule has 0 amide bonds. The van der Waals surface area contributed by atoms with Gasteiger partial charge >= 0.3 is 0 Å². The SMILES string of the molecule is CN=C(NCCCCOC1CCCCCC1)NCC1(CCO)CCOC1. The second kappa shape index (κ2) is 12.5. The Morgan fingerprint density at radius 3 is 2.65 bits per heavy atom. The molecule has 0 spiro atoms. The largest absolute Gasteiger partial charge is 0.396 e. The van der Waals surface area contributed by atoms with Gasteiger partial charge < -0.3 is 25.2 Å². The van der Waals surface area contributed by atoms with Crippen LogP contribution >= 0.6 is 0 Å². The number of nitrogens with zero attached hydrogens (tertiary/aromatic N) is 1. The summed E-state index contributed by atoms with van der Waals surface area (Å²) < 4.78 is 11.6. The number of unbranched alkanes of at least 4 members (excludes halogenated alkanes) is 1. The van der Waals surface area contributed by atoms with Crippen molar-refractivity contribution in [1.29, 1.82) is 0 Å². The van der Waals surface area contributed by atoms with Gasteiger partial charge in [0.15, 0.2) is 5.96 Å². The van der Waals surface area contributed by atoms with E-state index in [0.717, 1.165) is 64.6 Å². The van der Waals surface area contributed by atoms with Gasteiger partial charge in [-0.2, -0.15) is 0 Å². The summed E-state index contributed by atoms with van der Waals surface area (Å²) in [5.74, 6) is 0.832. The molecule has 2 fully saturated rings. The second-order valence-electron chi connectivity index (χ2n) is 7.82. The van der Waals surface area contributed by atoms with E-state index < -0.39 is 0 Å². The summed E-state index contributed by atoms with van der Waals surface area (Å²) >= 11 is 0. The Balaban J connectivity index is 1.54. The predicted molar refractivity (Wildman–Crippen MR) is 106 cm³/mol. The zero-order valence-corrected chi connectivity index (χ0v) is 16.6. The second-order valence-corrected chi connectivity index (χ2v) is 7.82. The number of aliphatic hydroxyl groups excluding tert-OH is 1. The van der Waals surface area contributed by atoms with Crippen molar-refractivity contribution in [3.8, 4) is 0 Å². The first kappa shape index (κ1) is 21.5. The molecule has 2 rings (SSSR count). The number of guanidine groups is 1. The van der Waals surface area contributed by atoms with E-state index in [2.05, 4.69) is 15.6 Å². The number of hydrogen-bond acceptors (Lipinski definition) is 4. The lowest BCUT2D eigenvalue weighted by molar-refractivity contribution is 0.0411. The molecule has 1 saturated carbocycles.